The van der Waals surface area contributed by atoms with Crippen molar-refractivity contribution in [3.63, 3.8) is 0 Å². The van der Waals surface area contributed by atoms with E-state index in [-0.39, 0.29) is 29.0 Å². The van der Waals surface area contributed by atoms with Crippen LogP contribution in [0.25, 0.3) is 0 Å². The Kier molecular flexibility index (Phi) is 7.20. The highest BCUT2D eigenvalue weighted by Crippen LogP contribution is 2.29. The van der Waals surface area contributed by atoms with Crippen LogP contribution in [0.5, 0.6) is 5.75 Å². The third kappa shape index (κ3) is 6.23. The van der Waals surface area contributed by atoms with Gasteiger partial charge >= 0.3 is 6.18 Å². The number of likely N-dealkylation sites (tertiary alicyclic amines) is 1. The van der Waals surface area contributed by atoms with Crippen LogP contribution in [0.4, 0.5) is 13.2 Å². The topological polar surface area (TPSA) is 69.6 Å². The number of rotatable bonds is 6. The highest BCUT2D eigenvalue weighted by Gasteiger charge is 2.31. The molecular weight excluding hydrogens is 409 g/mol. The normalized spacial score (nSPS) is 15.0. The number of piperidine rings is 1. The number of phenolic OH excluding ortho intramolecular Hbond substituents is 1. The maximum absolute atomic E-state index is 12.7. The first kappa shape index (κ1) is 22.7. The summed E-state index contributed by atoms with van der Waals surface area (Å²) >= 11 is 0. The average molecular weight is 434 g/mol. The van der Waals surface area contributed by atoms with Crippen LogP contribution in [0.2, 0.25) is 0 Å². The molecule has 0 spiro atoms. The predicted octanol–water partition coefficient (Wildman–Crippen LogP) is 4.01. The molecule has 0 saturated carbocycles. The summed E-state index contributed by atoms with van der Waals surface area (Å²) in [5, 5.41) is 12.2. The number of benzene rings is 2. The van der Waals surface area contributed by atoms with Crippen LogP contribution in [0, 0.1) is 5.92 Å². The molecule has 0 aliphatic carbocycles. The van der Waals surface area contributed by atoms with Gasteiger partial charge in [0.15, 0.2) is 0 Å². The number of phenols is 1. The van der Waals surface area contributed by atoms with Crippen molar-refractivity contribution in [1.29, 1.82) is 0 Å². The van der Waals surface area contributed by atoms with E-state index in [1.54, 1.807) is 17.0 Å². The molecule has 2 aromatic carbocycles. The molecule has 0 atom stereocenters. The maximum atomic E-state index is 12.7. The fraction of sp³-hybridized carbons (Fsp3) is 0.391. The first-order valence-electron chi connectivity index (χ1n) is 10.3. The fourth-order valence-corrected chi connectivity index (χ4v) is 3.64. The van der Waals surface area contributed by atoms with Crippen molar-refractivity contribution in [3.8, 4) is 5.75 Å². The zero-order valence-corrected chi connectivity index (χ0v) is 17.0. The monoisotopic (exact) mass is 434 g/mol. The molecule has 0 unspecified atom stereocenters. The minimum atomic E-state index is -4.43. The Morgan fingerprint density at radius 2 is 1.61 bits per heavy atom. The van der Waals surface area contributed by atoms with Crippen molar-refractivity contribution in [2.75, 3.05) is 19.6 Å². The summed E-state index contributed by atoms with van der Waals surface area (Å²) in [6.45, 7) is 1.33. The Bertz CT molecular complexity index is 888. The van der Waals surface area contributed by atoms with Crippen LogP contribution in [0.1, 0.15) is 40.7 Å². The SMILES string of the molecule is O=C(NCCCc1ccc(O)cc1)C1CCN(C(=O)c2ccc(C(F)(F)F)cc2)CC1. The Morgan fingerprint density at radius 1 is 1.00 bits per heavy atom. The molecule has 8 heteroatoms. The van der Waals surface area contributed by atoms with Crippen molar-refractivity contribution in [2.45, 2.75) is 31.9 Å². The van der Waals surface area contributed by atoms with E-state index in [0.717, 1.165) is 30.5 Å². The molecule has 2 amide bonds. The Morgan fingerprint density at radius 3 is 2.19 bits per heavy atom. The van der Waals surface area contributed by atoms with Crippen LogP contribution < -0.4 is 5.32 Å². The van der Waals surface area contributed by atoms with Crippen LogP contribution in [0.3, 0.4) is 0 Å². The second-order valence-electron chi connectivity index (χ2n) is 7.70. The number of halogens is 3. The van der Waals surface area contributed by atoms with E-state index >= 15 is 0 Å². The van der Waals surface area contributed by atoms with Crippen LogP contribution in [-0.4, -0.2) is 41.5 Å². The van der Waals surface area contributed by atoms with E-state index in [9.17, 15) is 27.9 Å². The lowest BCUT2D eigenvalue weighted by molar-refractivity contribution is -0.137. The van der Waals surface area contributed by atoms with Gasteiger partial charge in [0.05, 0.1) is 5.56 Å². The van der Waals surface area contributed by atoms with Gasteiger partial charge in [-0.2, -0.15) is 13.2 Å². The summed E-state index contributed by atoms with van der Waals surface area (Å²) < 4.78 is 38.0. The Balaban J connectivity index is 1.40. The summed E-state index contributed by atoms with van der Waals surface area (Å²) in [5.74, 6) is -0.306. The van der Waals surface area contributed by atoms with Crippen LogP contribution in [-0.2, 0) is 17.4 Å². The van der Waals surface area contributed by atoms with E-state index in [1.165, 1.54) is 12.1 Å². The lowest BCUT2D eigenvalue weighted by Gasteiger charge is -2.31. The summed E-state index contributed by atoms with van der Waals surface area (Å²) in [7, 11) is 0. The van der Waals surface area contributed by atoms with Gasteiger partial charge in [-0.3, -0.25) is 9.59 Å². The highest BCUT2D eigenvalue weighted by atomic mass is 19.4. The molecule has 0 bridgehead atoms. The first-order valence-corrected chi connectivity index (χ1v) is 10.3. The van der Waals surface area contributed by atoms with Gasteiger partial charge in [-0.25, -0.2) is 0 Å². The zero-order chi connectivity index (χ0) is 22.4. The molecule has 5 nitrogen and oxygen atoms in total. The lowest BCUT2D eigenvalue weighted by atomic mass is 9.95. The van der Waals surface area contributed by atoms with E-state index < -0.39 is 11.7 Å². The van der Waals surface area contributed by atoms with Crippen molar-refractivity contribution in [1.82, 2.24) is 10.2 Å². The number of aromatic hydroxyl groups is 1. The van der Waals surface area contributed by atoms with Gasteiger partial charge in [0.25, 0.3) is 5.91 Å². The standard InChI is InChI=1S/C23H25F3N2O3/c24-23(25,26)19-7-5-18(6-8-19)22(31)28-14-11-17(12-15-28)21(30)27-13-1-2-16-3-9-20(29)10-4-16/h3-10,17,29H,1-2,11-15H2,(H,27,30). The summed E-state index contributed by atoms with van der Waals surface area (Å²) in [6, 6.07) is 11.2. The van der Waals surface area contributed by atoms with Gasteiger partial charge < -0.3 is 15.3 Å². The van der Waals surface area contributed by atoms with E-state index in [2.05, 4.69) is 5.32 Å². The zero-order valence-electron chi connectivity index (χ0n) is 17.0. The molecule has 0 aromatic heterocycles. The van der Waals surface area contributed by atoms with Gasteiger partial charge in [0.2, 0.25) is 5.91 Å². The highest BCUT2D eigenvalue weighted by molar-refractivity contribution is 5.94. The number of hydrogen-bond donors (Lipinski definition) is 2. The summed E-state index contributed by atoms with van der Waals surface area (Å²) in [4.78, 5) is 26.5. The number of carbonyl (C=O) groups excluding carboxylic acids is 2. The molecule has 1 saturated heterocycles. The molecule has 3 rings (SSSR count). The average Bonchev–Trinajstić information content (AvgIpc) is 2.77. The van der Waals surface area contributed by atoms with Gasteiger partial charge in [0, 0.05) is 31.1 Å². The summed E-state index contributed by atoms with van der Waals surface area (Å²) in [5.41, 5.74) is 0.511. The molecule has 2 N–H and O–H groups in total. The van der Waals surface area contributed by atoms with Crippen LogP contribution in [0.15, 0.2) is 48.5 Å². The molecule has 0 radical (unpaired) electrons. The van der Waals surface area contributed by atoms with Crippen molar-refractivity contribution < 1.29 is 27.9 Å². The van der Waals surface area contributed by atoms with Gasteiger partial charge in [-0.1, -0.05) is 12.1 Å². The maximum Gasteiger partial charge on any atom is 0.416 e. The molecule has 1 heterocycles. The Hall–Kier alpha value is -3.03. The third-order valence-corrected chi connectivity index (χ3v) is 5.49. The molecule has 1 fully saturated rings. The number of aryl methyl sites for hydroxylation is 1. The second-order valence-corrected chi connectivity index (χ2v) is 7.70. The van der Waals surface area contributed by atoms with Gasteiger partial charge in [0.1, 0.15) is 5.75 Å². The van der Waals surface area contributed by atoms with E-state index in [4.69, 9.17) is 0 Å². The van der Waals surface area contributed by atoms with Crippen LogP contribution >= 0.6 is 0 Å². The molecule has 31 heavy (non-hydrogen) atoms. The van der Waals surface area contributed by atoms with E-state index in [1.807, 2.05) is 12.1 Å². The molecule has 1 aliphatic rings. The number of amides is 2. The predicted molar refractivity (Wildman–Crippen MR) is 110 cm³/mol. The summed E-state index contributed by atoms with van der Waals surface area (Å²) in [6.07, 6.45) is -1.81. The quantitative estimate of drug-likeness (QED) is 0.675. The number of nitrogens with one attached hydrogen (secondary N) is 1. The fourth-order valence-electron chi connectivity index (χ4n) is 3.64. The van der Waals surface area contributed by atoms with Gasteiger partial charge in [-0.15, -0.1) is 0 Å². The number of nitrogens with zero attached hydrogens (tertiary/aromatic N) is 1. The van der Waals surface area contributed by atoms with Crippen molar-refractivity contribution in [2.24, 2.45) is 5.92 Å². The second kappa shape index (κ2) is 9.85. The minimum Gasteiger partial charge on any atom is -0.508 e. The van der Waals surface area contributed by atoms with Crippen molar-refractivity contribution in [3.05, 3.63) is 65.2 Å². The molecule has 166 valence electrons. The largest absolute Gasteiger partial charge is 0.508 e. The van der Waals surface area contributed by atoms with Crippen molar-refractivity contribution >= 4 is 11.8 Å². The smallest absolute Gasteiger partial charge is 0.416 e. The molecule has 2 aromatic rings. The number of alkyl halides is 3. The van der Waals surface area contributed by atoms with E-state index in [0.29, 0.717) is 32.5 Å². The van der Waals surface area contributed by atoms with Gasteiger partial charge in [-0.05, 0) is 67.6 Å². The minimum absolute atomic E-state index is 0.0349. The Labute approximate surface area is 178 Å². The number of carbonyl (C=O) groups is 2. The molecular formula is C23H25F3N2O3. The number of hydrogen-bond acceptors (Lipinski definition) is 3. The third-order valence-electron chi connectivity index (χ3n) is 5.49. The lowest BCUT2D eigenvalue weighted by Crippen LogP contribution is -2.43. The first-order chi connectivity index (χ1) is 14.7. The molecule has 1 aliphatic heterocycles.